The van der Waals surface area contributed by atoms with Crippen molar-refractivity contribution >= 4 is 51.5 Å². The van der Waals surface area contributed by atoms with Crippen molar-refractivity contribution in [1.29, 1.82) is 0 Å². The largest absolute Gasteiger partial charge is 0.494 e. The summed E-state index contributed by atoms with van der Waals surface area (Å²) in [6.45, 7) is 10.6. The van der Waals surface area contributed by atoms with Crippen LogP contribution in [0.5, 0.6) is 5.75 Å². The number of nitrogens with zero attached hydrogens (tertiary/aromatic N) is 4. The summed E-state index contributed by atoms with van der Waals surface area (Å²) in [5, 5.41) is 6.47. The summed E-state index contributed by atoms with van der Waals surface area (Å²) in [7, 11) is 1.95. The lowest BCUT2D eigenvalue weighted by Gasteiger charge is -2.39. The van der Waals surface area contributed by atoms with Crippen LogP contribution in [0.25, 0.3) is 22.0 Å². The zero-order valence-electron chi connectivity index (χ0n) is 27.6. The van der Waals surface area contributed by atoms with Gasteiger partial charge in [-0.3, -0.25) is 19.2 Å². The number of fused-ring (bicyclic) bond motifs is 4. The Morgan fingerprint density at radius 1 is 0.979 bits per heavy atom. The highest BCUT2D eigenvalue weighted by atomic mass is 35.5. The minimum absolute atomic E-state index is 0.0564. The Labute approximate surface area is 285 Å². The van der Waals surface area contributed by atoms with E-state index in [1.165, 1.54) is 0 Å². The first-order valence-electron chi connectivity index (χ1n) is 16.2. The number of Topliss-reactive ketones (excluding diaryl/α,β-unsaturated/α-hetero) is 1. The van der Waals surface area contributed by atoms with Crippen LogP contribution in [0.4, 0.5) is 5.69 Å². The van der Waals surface area contributed by atoms with Gasteiger partial charge in [0.15, 0.2) is 5.78 Å². The molecule has 7 rings (SSSR count). The number of aromatic nitrogens is 3. The van der Waals surface area contributed by atoms with Crippen LogP contribution in [-0.2, 0) is 19.9 Å². The molecule has 0 spiro atoms. The van der Waals surface area contributed by atoms with Gasteiger partial charge < -0.3 is 9.30 Å². The third-order valence-electron chi connectivity index (χ3n) is 9.92. The fraction of sp³-hybridized carbons (Fsp3) is 0.342. The summed E-state index contributed by atoms with van der Waals surface area (Å²) < 4.78 is 10.2. The predicted octanol–water partition coefficient (Wildman–Crippen LogP) is 8.86. The van der Waals surface area contributed by atoms with E-state index in [0.717, 1.165) is 66.4 Å². The molecule has 7 nitrogen and oxygen atoms in total. The SMILES string of the molecule is Cc1cc(OCCCc2c3n(c4c(-c5c(C)nn(C)c5C)cccc24)C(C)[C@@H](Cl)N(c2cccc4c2C(=O)CC4)C3=O)cc(C)c1Cl. The first-order valence-corrected chi connectivity index (χ1v) is 17.0. The van der Waals surface area contributed by atoms with E-state index >= 15 is 0 Å². The van der Waals surface area contributed by atoms with Crippen LogP contribution >= 0.6 is 23.2 Å². The first-order chi connectivity index (χ1) is 22.5. The van der Waals surface area contributed by atoms with Crippen molar-refractivity contribution in [2.75, 3.05) is 11.5 Å². The molecule has 2 atom stereocenters. The lowest BCUT2D eigenvalue weighted by atomic mass is 9.98. The van der Waals surface area contributed by atoms with Crippen molar-refractivity contribution < 1.29 is 14.3 Å². The van der Waals surface area contributed by atoms with Crippen LogP contribution in [0.15, 0.2) is 48.5 Å². The second kappa shape index (κ2) is 11.9. The molecule has 1 aliphatic heterocycles. The number of hydrogen-bond acceptors (Lipinski definition) is 4. The molecule has 0 radical (unpaired) electrons. The number of hydrogen-bond donors (Lipinski definition) is 0. The monoisotopic (exact) mass is 668 g/mol. The third-order valence-corrected chi connectivity index (χ3v) is 11.1. The number of aryl methyl sites for hydroxylation is 6. The van der Waals surface area contributed by atoms with Gasteiger partial charge in [0.1, 0.15) is 16.9 Å². The number of carbonyl (C=O) groups excluding carboxylic acids is 2. The molecule has 3 aromatic carbocycles. The minimum Gasteiger partial charge on any atom is -0.494 e. The van der Waals surface area contributed by atoms with Gasteiger partial charge >= 0.3 is 0 Å². The van der Waals surface area contributed by atoms with Crippen molar-refractivity contribution in [1.82, 2.24) is 14.3 Å². The van der Waals surface area contributed by atoms with E-state index in [4.69, 9.17) is 33.0 Å². The van der Waals surface area contributed by atoms with Gasteiger partial charge in [0.05, 0.1) is 29.5 Å². The average molecular weight is 670 g/mol. The highest BCUT2D eigenvalue weighted by molar-refractivity contribution is 6.32. The predicted molar refractivity (Wildman–Crippen MR) is 189 cm³/mol. The van der Waals surface area contributed by atoms with Crippen molar-refractivity contribution in [2.24, 2.45) is 7.05 Å². The molecule has 9 heteroatoms. The number of ketones is 1. The summed E-state index contributed by atoms with van der Waals surface area (Å²) in [6.07, 6.45) is 2.43. The number of halogens is 2. The summed E-state index contributed by atoms with van der Waals surface area (Å²) in [4.78, 5) is 29.6. The summed E-state index contributed by atoms with van der Waals surface area (Å²) >= 11 is 13.7. The quantitative estimate of drug-likeness (QED) is 0.0987. The van der Waals surface area contributed by atoms with E-state index in [2.05, 4.69) is 36.6 Å². The second-order valence-corrected chi connectivity index (χ2v) is 13.7. The van der Waals surface area contributed by atoms with Gasteiger partial charge in [-0.15, -0.1) is 0 Å². The molecule has 242 valence electrons. The highest BCUT2D eigenvalue weighted by Crippen LogP contribution is 2.46. The van der Waals surface area contributed by atoms with E-state index in [0.29, 0.717) is 49.2 Å². The average Bonchev–Trinajstić information content (AvgIpc) is 3.67. The number of para-hydroxylation sites is 1. The summed E-state index contributed by atoms with van der Waals surface area (Å²) in [5.74, 6) is 0.639. The molecule has 1 aliphatic carbocycles. The molecule has 0 N–H and O–H groups in total. The van der Waals surface area contributed by atoms with Crippen LogP contribution in [0.1, 0.15) is 80.3 Å². The van der Waals surface area contributed by atoms with E-state index in [-0.39, 0.29) is 17.7 Å². The van der Waals surface area contributed by atoms with Crippen LogP contribution in [-0.4, -0.2) is 38.1 Å². The zero-order chi connectivity index (χ0) is 33.3. The van der Waals surface area contributed by atoms with E-state index in [1.807, 2.05) is 62.8 Å². The van der Waals surface area contributed by atoms with Gasteiger partial charge in [-0.05, 0) is 94.3 Å². The third kappa shape index (κ3) is 4.97. The number of anilines is 1. The van der Waals surface area contributed by atoms with Crippen molar-refractivity contribution in [3.8, 4) is 16.9 Å². The summed E-state index contributed by atoms with van der Waals surface area (Å²) in [6, 6.07) is 15.6. The zero-order valence-corrected chi connectivity index (χ0v) is 29.1. The molecule has 47 heavy (non-hydrogen) atoms. The van der Waals surface area contributed by atoms with Gasteiger partial charge in [-0.2, -0.15) is 5.10 Å². The van der Waals surface area contributed by atoms with Crippen molar-refractivity contribution in [3.63, 3.8) is 0 Å². The standard InChI is InChI=1S/C38H38Cl2N4O3/c1-20-18-26(19-21(2)34(20)39)47-17-9-13-28-27-11-8-12-29(32-22(3)41-42(6)23(32)4)35(27)43-24(5)37(40)44(38(46)36(28)43)30-14-7-10-25-15-16-31(45)33(25)30/h7-8,10-12,14,18-19,24,37H,9,13,15-17H2,1-6H3/t24?,37-/m0/s1. The molecule has 0 fully saturated rings. The molecule has 1 amide bonds. The molecule has 0 bridgehead atoms. The van der Waals surface area contributed by atoms with E-state index in [9.17, 15) is 9.59 Å². The number of rotatable bonds is 7. The molecule has 0 saturated carbocycles. The Kier molecular flexibility index (Phi) is 7.96. The fourth-order valence-corrected chi connectivity index (χ4v) is 8.03. The Hall–Kier alpha value is -4.07. The highest BCUT2D eigenvalue weighted by Gasteiger charge is 2.43. The van der Waals surface area contributed by atoms with Crippen LogP contribution in [0, 0.1) is 27.7 Å². The van der Waals surface area contributed by atoms with Crippen LogP contribution < -0.4 is 9.64 Å². The van der Waals surface area contributed by atoms with Crippen molar-refractivity contribution in [2.45, 2.75) is 71.8 Å². The number of amides is 1. The van der Waals surface area contributed by atoms with Gasteiger partial charge in [0, 0.05) is 46.3 Å². The first kappa shape index (κ1) is 31.5. The number of benzene rings is 3. The Morgan fingerprint density at radius 3 is 2.40 bits per heavy atom. The maximum atomic E-state index is 14.9. The number of alkyl halides is 1. The van der Waals surface area contributed by atoms with Crippen LogP contribution in [0.2, 0.25) is 5.02 Å². The fourth-order valence-electron chi connectivity index (χ4n) is 7.62. The van der Waals surface area contributed by atoms with E-state index in [1.54, 1.807) is 4.90 Å². The molecule has 5 aromatic rings. The second-order valence-electron chi connectivity index (χ2n) is 12.9. The Balaban J connectivity index is 1.36. The lowest BCUT2D eigenvalue weighted by Crippen LogP contribution is -2.48. The van der Waals surface area contributed by atoms with Gasteiger partial charge in [0.25, 0.3) is 5.91 Å². The normalized spacial score (nSPS) is 17.5. The molecule has 3 heterocycles. The molecular weight excluding hydrogens is 631 g/mol. The smallest absolute Gasteiger partial charge is 0.276 e. The maximum absolute atomic E-state index is 14.9. The van der Waals surface area contributed by atoms with Crippen molar-refractivity contribution in [3.05, 3.63) is 98.5 Å². The van der Waals surface area contributed by atoms with Crippen LogP contribution in [0.3, 0.4) is 0 Å². The molecule has 2 aromatic heterocycles. The van der Waals surface area contributed by atoms with Gasteiger partial charge in [-0.25, -0.2) is 0 Å². The minimum atomic E-state index is -0.706. The summed E-state index contributed by atoms with van der Waals surface area (Å²) in [5.41, 5.74) is 10.0. The Morgan fingerprint density at radius 2 is 1.70 bits per heavy atom. The number of ether oxygens (including phenoxy) is 1. The number of carbonyl (C=O) groups is 2. The van der Waals surface area contributed by atoms with Gasteiger partial charge in [0.2, 0.25) is 0 Å². The topological polar surface area (TPSA) is 69.4 Å². The lowest BCUT2D eigenvalue weighted by molar-refractivity contribution is 0.0950. The van der Waals surface area contributed by atoms with E-state index < -0.39 is 5.50 Å². The van der Waals surface area contributed by atoms with Gasteiger partial charge in [-0.1, -0.05) is 53.5 Å². The molecule has 2 aliphatic rings. The Bertz CT molecular complexity index is 2090. The maximum Gasteiger partial charge on any atom is 0.276 e. The molecular formula is C38H38Cl2N4O3. The molecule has 0 saturated heterocycles. The molecule has 1 unspecified atom stereocenters.